The maximum atomic E-state index is 8.78. The summed E-state index contributed by atoms with van der Waals surface area (Å²) in [5, 5.41) is 12.9. The lowest BCUT2D eigenvalue weighted by atomic mass is 10.2. The maximum absolute atomic E-state index is 8.78. The first-order valence-electron chi connectivity index (χ1n) is 6.18. The van der Waals surface area contributed by atoms with Crippen molar-refractivity contribution in [3.8, 4) is 6.07 Å². The quantitative estimate of drug-likeness (QED) is 0.658. The van der Waals surface area contributed by atoms with E-state index in [9.17, 15) is 0 Å². The number of thioether (sulfide) groups is 1. The predicted octanol–water partition coefficient (Wildman–Crippen LogP) is 4.33. The second-order valence-electron chi connectivity index (χ2n) is 4.27. The molecule has 0 atom stereocenters. The van der Waals surface area contributed by atoms with Gasteiger partial charge in [0, 0.05) is 5.69 Å². The third kappa shape index (κ3) is 3.87. The maximum Gasteiger partial charge on any atom is 0.165 e. The summed E-state index contributed by atoms with van der Waals surface area (Å²) in [5.74, 6) is 0. The fourth-order valence-electron chi connectivity index (χ4n) is 1.70. The standard InChI is InChI=1S/C16H15N3S/c1-12-4-3-5-15(10-12)19-16(20-2)18-14-8-6-13(11-17)7-9-14/h3-10H,1-2H3,(H,18,19). The van der Waals surface area contributed by atoms with Gasteiger partial charge in [-0.25, -0.2) is 4.99 Å². The molecule has 3 nitrogen and oxygen atoms in total. The summed E-state index contributed by atoms with van der Waals surface area (Å²) in [7, 11) is 0. The molecular weight excluding hydrogens is 266 g/mol. The summed E-state index contributed by atoms with van der Waals surface area (Å²) in [4.78, 5) is 4.54. The van der Waals surface area contributed by atoms with Crippen LogP contribution in [0, 0.1) is 18.3 Å². The predicted molar refractivity (Wildman–Crippen MR) is 86.6 cm³/mol. The van der Waals surface area contributed by atoms with E-state index in [1.807, 2.05) is 30.5 Å². The van der Waals surface area contributed by atoms with Crippen LogP contribution in [-0.2, 0) is 0 Å². The van der Waals surface area contributed by atoms with Gasteiger partial charge in [0.05, 0.1) is 17.3 Å². The second kappa shape index (κ2) is 6.78. The van der Waals surface area contributed by atoms with Crippen LogP contribution in [-0.4, -0.2) is 11.4 Å². The Balaban J connectivity index is 2.18. The topological polar surface area (TPSA) is 48.2 Å². The van der Waals surface area contributed by atoms with Crippen molar-refractivity contribution in [1.82, 2.24) is 0 Å². The number of hydrogen-bond acceptors (Lipinski definition) is 3. The van der Waals surface area contributed by atoms with E-state index in [0.717, 1.165) is 16.5 Å². The average Bonchev–Trinajstić information content (AvgIpc) is 2.47. The number of hydrogen-bond donors (Lipinski definition) is 1. The third-order valence-corrected chi connectivity index (χ3v) is 3.27. The summed E-state index contributed by atoms with van der Waals surface area (Å²) in [6, 6.07) is 17.5. The SMILES string of the molecule is CSC(=Nc1ccc(C#N)cc1)Nc1cccc(C)c1. The summed E-state index contributed by atoms with van der Waals surface area (Å²) >= 11 is 1.55. The van der Waals surface area contributed by atoms with E-state index in [4.69, 9.17) is 5.26 Å². The Labute approximate surface area is 123 Å². The molecule has 100 valence electrons. The van der Waals surface area contributed by atoms with Crippen molar-refractivity contribution < 1.29 is 0 Å². The van der Waals surface area contributed by atoms with Crippen molar-refractivity contribution in [2.45, 2.75) is 6.92 Å². The number of aryl methyl sites for hydroxylation is 1. The molecule has 2 aromatic rings. The second-order valence-corrected chi connectivity index (χ2v) is 5.07. The van der Waals surface area contributed by atoms with Gasteiger partial charge < -0.3 is 5.32 Å². The van der Waals surface area contributed by atoms with E-state index in [2.05, 4.69) is 35.4 Å². The van der Waals surface area contributed by atoms with E-state index in [0.29, 0.717) is 5.56 Å². The number of rotatable bonds is 2. The third-order valence-electron chi connectivity index (χ3n) is 2.69. The van der Waals surface area contributed by atoms with Crippen molar-refractivity contribution in [2.75, 3.05) is 11.6 Å². The van der Waals surface area contributed by atoms with Crippen LogP contribution >= 0.6 is 11.8 Å². The lowest BCUT2D eigenvalue weighted by Crippen LogP contribution is -2.06. The Bertz CT molecular complexity index is 654. The van der Waals surface area contributed by atoms with Crippen LogP contribution in [0.3, 0.4) is 0 Å². The van der Waals surface area contributed by atoms with E-state index in [1.165, 1.54) is 5.56 Å². The lowest BCUT2D eigenvalue weighted by molar-refractivity contribution is 1.45. The van der Waals surface area contributed by atoms with Crippen molar-refractivity contribution in [2.24, 2.45) is 4.99 Å². The Morgan fingerprint density at radius 3 is 2.55 bits per heavy atom. The van der Waals surface area contributed by atoms with Crippen LogP contribution in [0.4, 0.5) is 11.4 Å². The number of nitrogens with one attached hydrogen (secondary N) is 1. The molecule has 0 saturated heterocycles. The minimum absolute atomic E-state index is 0.640. The number of aliphatic imine (C=N–C) groups is 1. The van der Waals surface area contributed by atoms with Gasteiger partial charge in [0.15, 0.2) is 5.17 Å². The highest BCUT2D eigenvalue weighted by molar-refractivity contribution is 8.13. The highest BCUT2D eigenvalue weighted by Gasteiger charge is 2.00. The molecule has 0 heterocycles. The van der Waals surface area contributed by atoms with Gasteiger partial charge in [0.2, 0.25) is 0 Å². The van der Waals surface area contributed by atoms with Crippen molar-refractivity contribution in [3.63, 3.8) is 0 Å². The van der Waals surface area contributed by atoms with Crippen LogP contribution < -0.4 is 5.32 Å². The van der Waals surface area contributed by atoms with Gasteiger partial charge in [-0.15, -0.1) is 0 Å². The number of amidine groups is 1. The molecule has 0 saturated carbocycles. The van der Waals surface area contributed by atoms with Crippen molar-refractivity contribution in [1.29, 1.82) is 5.26 Å². The largest absolute Gasteiger partial charge is 0.335 e. The Kier molecular flexibility index (Phi) is 4.80. The van der Waals surface area contributed by atoms with Gasteiger partial charge in [0.1, 0.15) is 0 Å². The Morgan fingerprint density at radius 1 is 1.20 bits per heavy atom. The molecule has 0 aromatic heterocycles. The number of anilines is 1. The highest BCUT2D eigenvalue weighted by Crippen LogP contribution is 2.17. The van der Waals surface area contributed by atoms with Gasteiger partial charge in [-0.1, -0.05) is 23.9 Å². The number of nitriles is 1. The molecular formula is C16H15N3S. The first kappa shape index (κ1) is 14.2. The zero-order valence-corrected chi connectivity index (χ0v) is 12.2. The lowest BCUT2D eigenvalue weighted by Gasteiger charge is -2.08. The molecule has 2 rings (SSSR count). The van der Waals surface area contributed by atoms with E-state index in [-0.39, 0.29) is 0 Å². The molecule has 0 aliphatic carbocycles. The van der Waals surface area contributed by atoms with Crippen LogP contribution in [0.5, 0.6) is 0 Å². The van der Waals surface area contributed by atoms with Crippen LogP contribution in [0.15, 0.2) is 53.5 Å². The van der Waals surface area contributed by atoms with Crippen LogP contribution in [0.1, 0.15) is 11.1 Å². The van der Waals surface area contributed by atoms with Gasteiger partial charge in [-0.3, -0.25) is 0 Å². The van der Waals surface area contributed by atoms with E-state index in [1.54, 1.807) is 23.9 Å². The van der Waals surface area contributed by atoms with Crippen molar-refractivity contribution in [3.05, 3.63) is 59.7 Å². The first-order valence-corrected chi connectivity index (χ1v) is 7.40. The molecule has 0 spiro atoms. The molecule has 0 aliphatic rings. The van der Waals surface area contributed by atoms with E-state index >= 15 is 0 Å². The molecule has 0 aliphatic heterocycles. The summed E-state index contributed by atoms with van der Waals surface area (Å²) < 4.78 is 0. The summed E-state index contributed by atoms with van der Waals surface area (Å²) in [6.45, 7) is 2.06. The molecule has 2 aromatic carbocycles. The van der Waals surface area contributed by atoms with Gasteiger partial charge >= 0.3 is 0 Å². The van der Waals surface area contributed by atoms with Gasteiger partial charge in [0.25, 0.3) is 0 Å². The molecule has 0 amide bonds. The van der Waals surface area contributed by atoms with Gasteiger partial charge in [-0.05, 0) is 55.1 Å². The Morgan fingerprint density at radius 2 is 1.95 bits per heavy atom. The molecule has 0 unspecified atom stereocenters. The fraction of sp³-hybridized carbons (Fsp3) is 0.125. The average molecular weight is 281 g/mol. The normalized spacial score (nSPS) is 10.9. The Hall–Kier alpha value is -2.25. The smallest absolute Gasteiger partial charge is 0.165 e. The molecule has 4 heteroatoms. The first-order chi connectivity index (χ1) is 9.71. The molecule has 0 radical (unpaired) electrons. The highest BCUT2D eigenvalue weighted by atomic mass is 32.2. The molecule has 0 fully saturated rings. The minimum atomic E-state index is 0.640. The number of benzene rings is 2. The zero-order valence-electron chi connectivity index (χ0n) is 11.4. The number of nitrogens with zero attached hydrogens (tertiary/aromatic N) is 2. The molecule has 0 bridgehead atoms. The van der Waals surface area contributed by atoms with Gasteiger partial charge in [-0.2, -0.15) is 5.26 Å². The van der Waals surface area contributed by atoms with Crippen LogP contribution in [0.2, 0.25) is 0 Å². The fourth-order valence-corrected chi connectivity index (χ4v) is 2.12. The monoisotopic (exact) mass is 281 g/mol. The molecule has 1 N–H and O–H groups in total. The molecule has 20 heavy (non-hydrogen) atoms. The van der Waals surface area contributed by atoms with E-state index < -0.39 is 0 Å². The van der Waals surface area contributed by atoms with Crippen LogP contribution in [0.25, 0.3) is 0 Å². The zero-order chi connectivity index (χ0) is 14.4. The summed E-state index contributed by atoms with van der Waals surface area (Å²) in [5.41, 5.74) is 3.69. The minimum Gasteiger partial charge on any atom is -0.335 e. The van der Waals surface area contributed by atoms with Crippen molar-refractivity contribution >= 4 is 28.3 Å². The summed E-state index contributed by atoms with van der Waals surface area (Å²) in [6.07, 6.45) is 1.98.